The summed E-state index contributed by atoms with van der Waals surface area (Å²) in [5, 5.41) is 11.9. The molecular weight excluding hydrogens is 353 g/mol. The lowest BCUT2D eigenvalue weighted by Crippen LogP contribution is -2.59. The molecule has 4 nitrogen and oxygen atoms in total. The van der Waals surface area contributed by atoms with Crippen LogP contribution in [0.5, 0.6) is 0 Å². The van der Waals surface area contributed by atoms with Gasteiger partial charge in [0, 0.05) is 30.7 Å². The maximum absolute atomic E-state index is 13.5. The molecule has 4 aliphatic rings. The highest BCUT2D eigenvalue weighted by atomic mass is 35.5. The summed E-state index contributed by atoms with van der Waals surface area (Å²) in [5.41, 5.74) is 1.45. The lowest BCUT2D eigenvalue weighted by Gasteiger charge is -2.53. The number of rotatable bonds is 3. The molecule has 2 heterocycles. The Bertz CT molecular complexity index is 708. The van der Waals surface area contributed by atoms with Crippen LogP contribution in [0.4, 0.5) is 10.1 Å². The van der Waals surface area contributed by atoms with E-state index >= 15 is 0 Å². The zero-order chi connectivity index (χ0) is 18.8. The molecule has 0 aromatic heterocycles. The van der Waals surface area contributed by atoms with Crippen LogP contribution in [0.1, 0.15) is 50.5 Å². The second-order valence-electron chi connectivity index (χ2n) is 7.70. The fourth-order valence-corrected chi connectivity index (χ4v) is 4.65. The van der Waals surface area contributed by atoms with Gasteiger partial charge in [-0.25, -0.2) is 4.39 Å². The van der Waals surface area contributed by atoms with Crippen LogP contribution in [0.25, 0.3) is 0 Å². The first-order valence-electron chi connectivity index (χ1n) is 9.27. The maximum atomic E-state index is 13.5. The van der Waals surface area contributed by atoms with Crippen LogP contribution in [-0.4, -0.2) is 30.4 Å². The maximum Gasteiger partial charge on any atom is 0.210 e. The molecule has 0 spiro atoms. The van der Waals surface area contributed by atoms with Crippen molar-refractivity contribution >= 4 is 23.7 Å². The van der Waals surface area contributed by atoms with Gasteiger partial charge in [-0.2, -0.15) is 5.26 Å². The summed E-state index contributed by atoms with van der Waals surface area (Å²) in [6, 6.07) is 6.64. The normalized spacial score (nSPS) is 31.5. The van der Waals surface area contributed by atoms with E-state index in [1.165, 1.54) is 25.3 Å². The van der Waals surface area contributed by atoms with Crippen molar-refractivity contribution in [1.82, 2.24) is 4.90 Å². The number of halogens is 2. The highest BCUT2D eigenvalue weighted by Gasteiger charge is 2.42. The van der Waals surface area contributed by atoms with Gasteiger partial charge in [0.05, 0.1) is 17.0 Å². The first kappa shape index (κ1) is 19.0. The SMILES string of the molecule is CC1CC2CC(C1)N2C=O.CNc1cc(F)c(Cl)c(C2CCC2C#N)c1. The van der Waals surface area contributed by atoms with Crippen molar-refractivity contribution in [2.75, 3.05) is 12.4 Å². The fraction of sp³-hybridized carbons (Fsp3) is 0.600. The summed E-state index contributed by atoms with van der Waals surface area (Å²) in [7, 11) is 1.73. The molecule has 2 aliphatic carbocycles. The second-order valence-corrected chi connectivity index (χ2v) is 8.08. The Balaban J connectivity index is 0.000000167. The van der Waals surface area contributed by atoms with Crippen molar-refractivity contribution in [1.29, 1.82) is 5.26 Å². The minimum absolute atomic E-state index is 0.0241. The smallest absolute Gasteiger partial charge is 0.210 e. The predicted octanol–water partition coefficient (Wildman–Crippen LogP) is 4.55. The fourth-order valence-electron chi connectivity index (χ4n) is 4.40. The van der Waals surface area contributed by atoms with Crippen LogP contribution in [-0.2, 0) is 4.79 Å². The van der Waals surface area contributed by atoms with Gasteiger partial charge >= 0.3 is 0 Å². The van der Waals surface area contributed by atoms with Crippen molar-refractivity contribution < 1.29 is 9.18 Å². The number of carbonyl (C=O) groups excluding carboxylic acids is 1. The molecule has 1 aromatic carbocycles. The lowest BCUT2D eigenvalue weighted by molar-refractivity contribution is -0.136. The summed E-state index contributed by atoms with van der Waals surface area (Å²) in [5.74, 6) is 0.483. The van der Waals surface area contributed by atoms with E-state index in [0.29, 0.717) is 17.8 Å². The van der Waals surface area contributed by atoms with E-state index in [1.54, 1.807) is 7.05 Å². The van der Waals surface area contributed by atoms with Crippen LogP contribution in [0.2, 0.25) is 5.02 Å². The Morgan fingerprint density at radius 3 is 2.50 bits per heavy atom. The van der Waals surface area contributed by atoms with Crippen LogP contribution >= 0.6 is 11.6 Å². The van der Waals surface area contributed by atoms with Crippen molar-refractivity contribution in [3.8, 4) is 6.07 Å². The van der Waals surface area contributed by atoms with Crippen LogP contribution < -0.4 is 5.32 Å². The largest absolute Gasteiger partial charge is 0.388 e. The summed E-state index contributed by atoms with van der Waals surface area (Å²) in [6.07, 6.45) is 6.53. The van der Waals surface area contributed by atoms with Gasteiger partial charge in [0.2, 0.25) is 6.41 Å². The first-order valence-corrected chi connectivity index (χ1v) is 9.65. The number of hydrogen-bond acceptors (Lipinski definition) is 3. The molecule has 1 amide bonds. The van der Waals surface area contributed by atoms with Crippen molar-refractivity contribution in [2.45, 2.75) is 57.0 Å². The summed E-state index contributed by atoms with van der Waals surface area (Å²) in [6.45, 7) is 2.28. The number of amides is 1. The predicted molar refractivity (Wildman–Crippen MR) is 101 cm³/mol. The third-order valence-corrected chi connectivity index (χ3v) is 6.44. The van der Waals surface area contributed by atoms with E-state index in [1.807, 2.05) is 11.0 Å². The van der Waals surface area contributed by atoms with Crippen LogP contribution in [0, 0.1) is 29.0 Å². The molecule has 1 N–H and O–H groups in total. The molecule has 4 fully saturated rings. The number of carbonyl (C=O) groups is 1. The van der Waals surface area contributed by atoms with Crippen molar-refractivity contribution in [3.63, 3.8) is 0 Å². The number of piperidine rings is 1. The Hall–Kier alpha value is -1.80. The van der Waals surface area contributed by atoms with Crippen LogP contribution in [0.3, 0.4) is 0 Å². The van der Waals surface area contributed by atoms with Gasteiger partial charge in [0.15, 0.2) is 0 Å². The lowest BCUT2D eigenvalue weighted by atomic mass is 9.71. The molecule has 140 valence electrons. The molecule has 2 saturated carbocycles. The number of nitrogens with zero attached hydrogens (tertiary/aromatic N) is 2. The van der Waals surface area contributed by atoms with Crippen LogP contribution in [0.15, 0.2) is 12.1 Å². The zero-order valence-electron chi connectivity index (χ0n) is 15.2. The molecule has 2 saturated heterocycles. The van der Waals surface area contributed by atoms with E-state index in [0.717, 1.165) is 30.7 Å². The number of hydrogen-bond donors (Lipinski definition) is 1. The van der Waals surface area contributed by atoms with Gasteiger partial charge in [-0.05, 0) is 55.7 Å². The topological polar surface area (TPSA) is 56.1 Å². The molecular formula is C20H25ClFN3O. The molecule has 6 heteroatoms. The van der Waals surface area contributed by atoms with Gasteiger partial charge < -0.3 is 10.2 Å². The Morgan fingerprint density at radius 1 is 1.31 bits per heavy atom. The summed E-state index contributed by atoms with van der Waals surface area (Å²) >= 11 is 5.94. The van der Waals surface area contributed by atoms with Gasteiger partial charge in [0.25, 0.3) is 0 Å². The molecule has 2 aliphatic heterocycles. The summed E-state index contributed by atoms with van der Waals surface area (Å²) < 4.78 is 13.5. The monoisotopic (exact) mass is 377 g/mol. The standard InChI is InChI=1S/C12H12ClFN2.C8H13NO/c1-16-8-4-10(12(13)11(14)5-8)9-3-2-7(9)6-15;1-6-2-7-4-8(3-6)9(7)5-10/h4-5,7,9,16H,2-3H2,1H3;5-8H,2-4H2,1H3. The van der Waals surface area contributed by atoms with Gasteiger partial charge in [-0.3, -0.25) is 4.79 Å². The first-order chi connectivity index (χ1) is 12.5. The van der Waals surface area contributed by atoms with Gasteiger partial charge in [0.1, 0.15) is 5.82 Å². The Morgan fingerprint density at radius 2 is 2.00 bits per heavy atom. The minimum Gasteiger partial charge on any atom is -0.388 e. The highest BCUT2D eigenvalue weighted by Crippen LogP contribution is 2.45. The van der Waals surface area contributed by atoms with E-state index in [2.05, 4.69) is 18.3 Å². The van der Waals surface area contributed by atoms with Gasteiger partial charge in [-0.1, -0.05) is 18.5 Å². The van der Waals surface area contributed by atoms with E-state index < -0.39 is 5.82 Å². The number of benzene rings is 1. The molecule has 4 atom stereocenters. The molecule has 1 aromatic rings. The second kappa shape index (κ2) is 7.84. The average molecular weight is 378 g/mol. The van der Waals surface area contributed by atoms with Gasteiger partial charge in [-0.15, -0.1) is 0 Å². The Kier molecular flexibility index (Phi) is 5.72. The van der Waals surface area contributed by atoms with Crippen molar-refractivity contribution in [2.24, 2.45) is 11.8 Å². The third kappa shape index (κ3) is 3.53. The number of nitrogens with one attached hydrogen (secondary N) is 1. The Labute approximate surface area is 159 Å². The number of fused-ring (bicyclic) bond motifs is 2. The molecule has 5 rings (SSSR count). The minimum atomic E-state index is -0.424. The van der Waals surface area contributed by atoms with E-state index in [-0.39, 0.29) is 16.9 Å². The molecule has 0 radical (unpaired) electrons. The average Bonchev–Trinajstić information content (AvgIpc) is 2.58. The quantitative estimate of drug-likeness (QED) is 0.786. The molecule has 26 heavy (non-hydrogen) atoms. The van der Waals surface area contributed by atoms with E-state index in [9.17, 15) is 9.18 Å². The number of nitriles is 1. The zero-order valence-corrected chi connectivity index (χ0v) is 16.0. The van der Waals surface area contributed by atoms with Crippen molar-refractivity contribution in [3.05, 3.63) is 28.5 Å². The molecule has 2 bridgehead atoms. The highest BCUT2D eigenvalue weighted by molar-refractivity contribution is 6.31. The molecule has 4 unspecified atom stereocenters. The third-order valence-electron chi connectivity index (χ3n) is 6.04. The van der Waals surface area contributed by atoms with E-state index in [4.69, 9.17) is 16.9 Å². The number of anilines is 1. The summed E-state index contributed by atoms with van der Waals surface area (Å²) in [4.78, 5) is 12.4.